The summed E-state index contributed by atoms with van der Waals surface area (Å²) in [5, 5.41) is 29.6. The standard InChI is InChI=1S/C19H16FNO5/c20-13-6-4-11(5-7-13)17(24)15-16(12-2-1-3-14(23)10-12)21(8-9-22)19(26)18(15)25/h1-7,10,16,22-24H,8-9H2/b17-15-. The number of likely N-dealkylation sites (tertiary alicyclic amines) is 1. The second-order valence-corrected chi connectivity index (χ2v) is 5.82. The predicted octanol–water partition coefficient (Wildman–Crippen LogP) is 1.95. The number of rotatable bonds is 4. The molecule has 1 saturated heterocycles. The monoisotopic (exact) mass is 357 g/mol. The number of aliphatic hydroxyl groups excluding tert-OH is 2. The van der Waals surface area contributed by atoms with Crippen LogP contribution in [0.1, 0.15) is 17.2 Å². The molecular formula is C19H16FNO5. The molecule has 3 rings (SSSR count). The Morgan fingerprint density at radius 1 is 1.12 bits per heavy atom. The van der Waals surface area contributed by atoms with Crippen LogP contribution in [0.3, 0.4) is 0 Å². The number of aromatic hydroxyl groups is 1. The first-order valence-corrected chi connectivity index (χ1v) is 7.88. The van der Waals surface area contributed by atoms with Gasteiger partial charge in [-0.1, -0.05) is 12.1 Å². The number of Topliss-reactive ketones (excluding diaryl/α,β-unsaturated/α-hetero) is 1. The molecule has 1 amide bonds. The lowest BCUT2D eigenvalue weighted by Gasteiger charge is -2.24. The van der Waals surface area contributed by atoms with Crippen molar-refractivity contribution in [2.75, 3.05) is 13.2 Å². The van der Waals surface area contributed by atoms with Gasteiger partial charge in [-0.15, -0.1) is 0 Å². The fourth-order valence-electron chi connectivity index (χ4n) is 3.02. The maximum Gasteiger partial charge on any atom is 0.295 e. The summed E-state index contributed by atoms with van der Waals surface area (Å²) in [7, 11) is 0. The molecule has 0 radical (unpaired) electrons. The van der Waals surface area contributed by atoms with Crippen LogP contribution < -0.4 is 0 Å². The van der Waals surface area contributed by atoms with Gasteiger partial charge in [-0.25, -0.2) is 4.39 Å². The molecule has 0 aliphatic carbocycles. The molecule has 1 fully saturated rings. The summed E-state index contributed by atoms with van der Waals surface area (Å²) in [4.78, 5) is 26.0. The van der Waals surface area contributed by atoms with Crippen molar-refractivity contribution in [2.24, 2.45) is 0 Å². The Morgan fingerprint density at radius 3 is 2.42 bits per heavy atom. The summed E-state index contributed by atoms with van der Waals surface area (Å²) in [5.41, 5.74) is 0.403. The number of amides is 1. The van der Waals surface area contributed by atoms with E-state index in [-0.39, 0.29) is 30.0 Å². The molecule has 7 heteroatoms. The number of ketones is 1. The molecule has 0 spiro atoms. The van der Waals surface area contributed by atoms with E-state index in [0.29, 0.717) is 5.56 Å². The van der Waals surface area contributed by atoms with Crippen molar-refractivity contribution < 1.29 is 29.3 Å². The molecule has 134 valence electrons. The summed E-state index contributed by atoms with van der Waals surface area (Å²) in [5.74, 6) is -2.80. The Kier molecular flexibility index (Phi) is 4.73. The lowest BCUT2D eigenvalue weighted by molar-refractivity contribution is -0.140. The molecule has 1 unspecified atom stereocenters. The molecule has 0 bridgehead atoms. The topological polar surface area (TPSA) is 98.1 Å². The van der Waals surface area contributed by atoms with E-state index in [2.05, 4.69) is 0 Å². The number of phenolic OH excluding ortho intramolecular Hbond substituents is 1. The van der Waals surface area contributed by atoms with Crippen molar-refractivity contribution in [3.63, 3.8) is 0 Å². The fraction of sp³-hybridized carbons (Fsp3) is 0.158. The van der Waals surface area contributed by atoms with Crippen molar-refractivity contribution in [2.45, 2.75) is 6.04 Å². The second kappa shape index (κ2) is 6.97. The minimum Gasteiger partial charge on any atom is -0.508 e. The van der Waals surface area contributed by atoms with E-state index in [0.717, 1.165) is 17.0 Å². The van der Waals surface area contributed by atoms with E-state index in [1.165, 1.54) is 24.3 Å². The molecule has 0 aromatic heterocycles. The van der Waals surface area contributed by atoms with Crippen molar-refractivity contribution in [1.29, 1.82) is 0 Å². The molecule has 1 heterocycles. The smallest absolute Gasteiger partial charge is 0.295 e. The third-order valence-corrected chi connectivity index (χ3v) is 4.18. The highest BCUT2D eigenvalue weighted by atomic mass is 19.1. The number of benzene rings is 2. The molecule has 2 aromatic carbocycles. The van der Waals surface area contributed by atoms with Crippen molar-refractivity contribution in [1.82, 2.24) is 4.90 Å². The van der Waals surface area contributed by atoms with E-state index < -0.39 is 29.3 Å². The van der Waals surface area contributed by atoms with E-state index in [1.807, 2.05) is 0 Å². The zero-order valence-electron chi connectivity index (χ0n) is 13.6. The van der Waals surface area contributed by atoms with Gasteiger partial charge >= 0.3 is 0 Å². The first-order chi connectivity index (χ1) is 12.4. The maximum atomic E-state index is 13.1. The normalized spacial score (nSPS) is 19.2. The van der Waals surface area contributed by atoms with Gasteiger partial charge in [0.2, 0.25) is 0 Å². The molecule has 1 aliphatic rings. The Hall–Kier alpha value is -3.19. The van der Waals surface area contributed by atoms with Crippen LogP contribution in [0.4, 0.5) is 4.39 Å². The lowest BCUT2D eigenvalue weighted by Crippen LogP contribution is -2.32. The molecule has 1 atom stereocenters. The molecular weight excluding hydrogens is 341 g/mol. The third-order valence-electron chi connectivity index (χ3n) is 4.18. The number of nitrogens with zero attached hydrogens (tertiary/aromatic N) is 1. The maximum absolute atomic E-state index is 13.1. The van der Waals surface area contributed by atoms with Gasteiger partial charge < -0.3 is 20.2 Å². The molecule has 26 heavy (non-hydrogen) atoms. The SMILES string of the molecule is O=C1C(=O)N(CCO)C(c2cccc(O)c2)/C1=C(/O)c1ccc(F)cc1. The highest BCUT2D eigenvalue weighted by Gasteiger charge is 2.45. The Labute approximate surface area is 148 Å². The third kappa shape index (κ3) is 3.04. The number of halogens is 1. The van der Waals surface area contributed by atoms with Gasteiger partial charge in [0.1, 0.15) is 17.3 Å². The van der Waals surface area contributed by atoms with Crippen molar-refractivity contribution >= 4 is 17.4 Å². The average molecular weight is 357 g/mol. The second-order valence-electron chi connectivity index (χ2n) is 5.82. The lowest BCUT2D eigenvalue weighted by atomic mass is 9.95. The largest absolute Gasteiger partial charge is 0.508 e. The minimum absolute atomic E-state index is 0.0705. The van der Waals surface area contributed by atoms with E-state index >= 15 is 0 Å². The summed E-state index contributed by atoms with van der Waals surface area (Å²) in [6.45, 7) is -0.496. The number of β-amino-alcohol motifs (C(OH)–C–C–N with tert-alkyl or cyclic N) is 1. The van der Waals surface area contributed by atoms with Gasteiger partial charge in [-0.05, 0) is 42.0 Å². The zero-order valence-corrected chi connectivity index (χ0v) is 13.6. The quantitative estimate of drug-likeness (QED) is 0.441. The highest BCUT2D eigenvalue weighted by molar-refractivity contribution is 6.46. The van der Waals surface area contributed by atoms with Crippen LogP contribution in [0.2, 0.25) is 0 Å². The molecule has 3 N–H and O–H groups in total. The number of aliphatic hydroxyl groups is 2. The molecule has 0 saturated carbocycles. The Balaban J connectivity index is 2.19. The van der Waals surface area contributed by atoms with Crippen LogP contribution in [0, 0.1) is 5.82 Å². The van der Waals surface area contributed by atoms with E-state index in [1.54, 1.807) is 12.1 Å². The Morgan fingerprint density at radius 2 is 1.81 bits per heavy atom. The number of phenols is 1. The molecule has 1 aliphatic heterocycles. The molecule has 2 aromatic rings. The zero-order chi connectivity index (χ0) is 18.8. The summed E-state index contributed by atoms with van der Waals surface area (Å²) < 4.78 is 13.1. The van der Waals surface area contributed by atoms with Crippen molar-refractivity contribution in [3.8, 4) is 5.75 Å². The van der Waals surface area contributed by atoms with E-state index in [9.17, 15) is 29.3 Å². The number of carbonyl (C=O) groups is 2. The fourth-order valence-corrected chi connectivity index (χ4v) is 3.02. The molecule has 6 nitrogen and oxygen atoms in total. The van der Waals surface area contributed by atoms with Crippen LogP contribution in [0.25, 0.3) is 5.76 Å². The summed E-state index contributed by atoms with van der Waals surface area (Å²) >= 11 is 0. The van der Waals surface area contributed by atoms with E-state index in [4.69, 9.17) is 0 Å². The average Bonchev–Trinajstić information content (AvgIpc) is 2.87. The van der Waals surface area contributed by atoms with Gasteiger partial charge in [-0.3, -0.25) is 9.59 Å². The van der Waals surface area contributed by atoms with Crippen LogP contribution in [-0.2, 0) is 9.59 Å². The van der Waals surface area contributed by atoms with Gasteiger partial charge in [0, 0.05) is 12.1 Å². The minimum atomic E-state index is -0.973. The van der Waals surface area contributed by atoms with Gasteiger partial charge in [-0.2, -0.15) is 0 Å². The van der Waals surface area contributed by atoms with Gasteiger partial charge in [0.25, 0.3) is 11.7 Å². The van der Waals surface area contributed by atoms with Crippen LogP contribution in [0.15, 0.2) is 54.1 Å². The first-order valence-electron chi connectivity index (χ1n) is 7.88. The van der Waals surface area contributed by atoms with Gasteiger partial charge in [0.05, 0.1) is 18.2 Å². The number of hydrogen-bond donors (Lipinski definition) is 3. The van der Waals surface area contributed by atoms with Crippen LogP contribution in [-0.4, -0.2) is 45.1 Å². The number of hydrogen-bond acceptors (Lipinski definition) is 5. The highest BCUT2D eigenvalue weighted by Crippen LogP contribution is 2.39. The number of carbonyl (C=O) groups excluding carboxylic acids is 2. The Bertz CT molecular complexity index is 891. The van der Waals surface area contributed by atoms with Crippen LogP contribution in [0.5, 0.6) is 5.75 Å². The van der Waals surface area contributed by atoms with Crippen molar-refractivity contribution in [3.05, 3.63) is 71.0 Å². The summed E-state index contributed by atoms with van der Waals surface area (Å²) in [6.07, 6.45) is 0. The van der Waals surface area contributed by atoms with Gasteiger partial charge in [0.15, 0.2) is 0 Å². The predicted molar refractivity (Wildman–Crippen MR) is 90.6 cm³/mol. The van der Waals surface area contributed by atoms with Crippen LogP contribution >= 0.6 is 0 Å². The summed E-state index contributed by atoms with van der Waals surface area (Å²) in [6, 6.07) is 9.82. The first kappa shape index (κ1) is 17.6.